The minimum atomic E-state index is -0.484. The van der Waals surface area contributed by atoms with Gasteiger partial charge in [-0.3, -0.25) is 0 Å². The fourth-order valence-electron chi connectivity index (χ4n) is 3.79. The van der Waals surface area contributed by atoms with Gasteiger partial charge in [-0.2, -0.15) is 5.01 Å². The van der Waals surface area contributed by atoms with Crippen molar-refractivity contribution in [2.75, 3.05) is 10.3 Å². The average Bonchev–Trinajstić information content (AvgIpc) is 3.30. The Kier molecular flexibility index (Phi) is 7.24. The highest BCUT2D eigenvalue weighted by Crippen LogP contribution is 2.27. The van der Waals surface area contributed by atoms with Crippen LogP contribution in [0.2, 0.25) is 0 Å². The number of nitrogens with one attached hydrogen (secondary N) is 3. The zero-order valence-electron chi connectivity index (χ0n) is 18.9. The lowest BCUT2D eigenvalue weighted by atomic mass is 9.96. The average molecular weight is 464 g/mol. The molecular formula is C25H29N5O2S. The van der Waals surface area contributed by atoms with E-state index in [0.29, 0.717) is 10.8 Å². The Balaban J connectivity index is 1.53. The summed E-state index contributed by atoms with van der Waals surface area (Å²) in [5.41, 5.74) is 7.30. The number of carbonyl (C=O) groups is 2. The lowest BCUT2D eigenvalue weighted by molar-refractivity contribution is 0.228. The number of aryl methyl sites for hydroxylation is 2. The van der Waals surface area contributed by atoms with Crippen LogP contribution in [0.4, 0.5) is 20.4 Å². The van der Waals surface area contributed by atoms with Crippen LogP contribution in [0.25, 0.3) is 11.3 Å². The van der Waals surface area contributed by atoms with Crippen molar-refractivity contribution in [2.24, 2.45) is 0 Å². The van der Waals surface area contributed by atoms with Gasteiger partial charge >= 0.3 is 12.1 Å². The van der Waals surface area contributed by atoms with Gasteiger partial charge < -0.3 is 10.6 Å². The molecular weight excluding hydrogens is 434 g/mol. The highest BCUT2D eigenvalue weighted by Gasteiger charge is 2.24. The van der Waals surface area contributed by atoms with E-state index in [4.69, 9.17) is 0 Å². The van der Waals surface area contributed by atoms with E-state index in [1.165, 1.54) is 22.8 Å². The second-order valence-corrected chi connectivity index (χ2v) is 9.27. The number of thiazole rings is 1. The highest BCUT2D eigenvalue weighted by molar-refractivity contribution is 7.14. The van der Waals surface area contributed by atoms with Gasteiger partial charge in [0.05, 0.1) is 5.69 Å². The molecule has 0 bridgehead atoms. The number of hydrogen-bond donors (Lipinski definition) is 3. The number of anilines is 2. The van der Waals surface area contributed by atoms with Crippen molar-refractivity contribution >= 4 is 34.2 Å². The van der Waals surface area contributed by atoms with E-state index in [-0.39, 0.29) is 6.04 Å². The number of hydrogen-bond acceptors (Lipinski definition) is 4. The first kappa shape index (κ1) is 22.8. The first-order valence-corrected chi connectivity index (χ1v) is 12.1. The largest absolute Gasteiger partial charge is 0.347 e. The van der Waals surface area contributed by atoms with Crippen LogP contribution in [-0.2, 0) is 0 Å². The van der Waals surface area contributed by atoms with Crippen LogP contribution in [0, 0.1) is 13.8 Å². The minimum Gasteiger partial charge on any atom is -0.334 e. The van der Waals surface area contributed by atoms with E-state index < -0.39 is 12.1 Å². The number of urea groups is 2. The van der Waals surface area contributed by atoms with Gasteiger partial charge in [-0.1, -0.05) is 66.8 Å². The van der Waals surface area contributed by atoms with E-state index in [1.54, 1.807) is 0 Å². The van der Waals surface area contributed by atoms with Crippen molar-refractivity contribution < 1.29 is 9.59 Å². The Labute approximate surface area is 198 Å². The Hall–Kier alpha value is -3.39. The molecule has 1 aromatic heterocycles. The van der Waals surface area contributed by atoms with Gasteiger partial charge in [0.1, 0.15) is 0 Å². The Morgan fingerprint density at radius 3 is 2.24 bits per heavy atom. The predicted octanol–water partition coefficient (Wildman–Crippen LogP) is 6.01. The molecule has 4 amide bonds. The summed E-state index contributed by atoms with van der Waals surface area (Å²) in [6.45, 7) is 4.01. The van der Waals surface area contributed by atoms with Crippen LogP contribution in [0.5, 0.6) is 0 Å². The van der Waals surface area contributed by atoms with Gasteiger partial charge in [0.15, 0.2) is 0 Å². The summed E-state index contributed by atoms with van der Waals surface area (Å²) in [6.07, 6.45) is 5.32. The maximum Gasteiger partial charge on any atom is 0.347 e. The first-order chi connectivity index (χ1) is 16.0. The molecule has 0 spiro atoms. The Morgan fingerprint density at radius 2 is 1.58 bits per heavy atom. The molecule has 1 aliphatic rings. The molecule has 7 nitrogen and oxygen atoms in total. The number of benzene rings is 2. The van der Waals surface area contributed by atoms with Crippen LogP contribution in [0.3, 0.4) is 0 Å². The number of hydrazine groups is 1. The number of nitrogens with zero attached hydrogens (tertiary/aromatic N) is 2. The normalized spacial score (nSPS) is 13.9. The molecule has 0 saturated heterocycles. The van der Waals surface area contributed by atoms with E-state index in [2.05, 4.69) is 21.0 Å². The third-order valence-electron chi connectivity index (χ3n) is 5.69. The maximum absolute atomic E-state index is 13.2. The van der Waals surface area contributed by atoms with Gasteiger partial charge in [-0.25, -0.2) is 20.0 Å². The molecule has 8 heteroatoms. The van der Waals surface area contributed by atoms with Gasteiger partial charge in [-0.05, 0) is 38.8 Å². The van der Waals surface area contributed by atoms with Crippen molar-refractivity contribution in [1.82, 2.24) is 15.7 Å². The molecule has 1 heterocycles. The fraction of sp³-hybridized carbons (Fsp3) is 0.320. The van der Waals surface area contributed by atoms with Crippen molar-refractivity contribution in [3.8, 4) is 11.3 Å². The van der Waals surface area contributed by atoms with Crippen LogP contribution in [-0.4, -0.2) is 23.1 Å². The number of rotatable bonds is 4. The topological polar surface area (TPSA) is 86.4 Å². The van der Waals surface area contributed by atoms with E-state index >= 15 is 0 Å². The van der Waals surface area contributed by atoms with Gasteiger partial charge in [0, 0.05) is 22.7 Å². The lowest BCUT2D eigenvalue weighted by Gasteiger charge is -2.26. The zero-order valence-corrected chi connectivity index (χ0v) is 19.7. The summed E-state index contributed by atoms with van der Waals surface area (Å²) in [5, 5.41) is 9.29. The molecule has 33 heavy (non-hydrogen) atoms. The van der Waals surface area contributed by atoms with E-state index in [9.17, 15) is 9.59 Å². The summed E-state index contributed by atoms with van der Waals surface area (Å²) < 4.78 is 0. The van der Waals surface area contributed by atoms with Crippen LogP contribution in [0.15, 0.2) is 53.9 Å². The molecule has 2 aromatic carbocycles. The molecule has 0 atom stereocenters. The minimum absolute atomic E-state index is 0.125. The van der Waals surface area contributed by atoms with Gasteiger partial charge in [0.25, 0.3) is 0 Å². The van der Waals surface area contributed by atoms with Gasteiger partial charge in [0.2, 0.25) is 5.13 Å². The van der Waals surface area contributed by atoms with Gasteiger partial charge in [-0.15, -0.1) is 11.3 Å². The summed E-state index contributed by atoms with van der Waals surface area (Å²) >= 11 is 1.30. The van der Waals surface area contributed by atoms with Crippen molar-refractivity contribution in [1.29, 1.82) is 0 Å². The summed E-state index contributed by atoms with van der Waals surface area (Å²) in [5.74, 6) is 0. The van der Waals surface area contributed by atoms with Crippen LogP contribution in [0.1, 0.15) is 43.2 Å². The van der Waals surface area contributed by atoms with Crippen molar-refractivity contribution in [2.45, 2.75) is 52.0 Å². The molecule has 0 aliphatic heterocycles. The summed E-state index contributed by atoms with van der Waals surface area (Å²) in [4.78, 5) is 30.5. The van der Waals surface area contributed by atoms with Crippen LogP contribution < -0.4 is 21.1 Å². The number of amides is 4. The predicted molar refractivity (Wildman–Crippen MR) is 134 cm³/mol. The summed E-state index contributed by atoms with van der Waals surface area (Å²) in [7, 11) is 0. The molecule has 3 N–H and O–H groups in total. The second-order valence-electron chi connectivity index (χ2n) is 8.43. The molecule has 1 aliphatic carbocycles. The maximum atomic E-state index is 13.2. The van der Waals surface area contributed by atoms with Crippen LogP contribution >= 0.6 is 11.3 Å². The van der Waals surface area contributed by atoms with Crippen molar-refractivity contribution in [3.05, 3.63) is 65.0 Å². The third-order valence-corrected chi connectivity index (χ3v) is 6.52. The highest BCUT2D eigenvalue weighted by atomic mass is 32.1. The Morgan fingerprint density at radius 1 is 0.939 bits per heavy atom. The molecule has 0 radical (unpaired) electrons. The number of aromatic nitrogens is 1. The monoisotopic (exact) mass is 463 g/mol. The molecule has 4 rings (SSSR count). The van der Waals surface area contributed by atoms with E-state index in [0.717, 1.165) is 48.1 Å². The quantitative estimate of drug-likeness (QED) is 0.414. The third kappa shape index (κ3) is 6.10. The number of carbonyl (C=O) groups excluding carboxylic acids is 2. The molecule has 172 valence electrons. The van der Waals surface area contributed by atoms with Crippen molar-refractivity contribution in [3.63, 3.8) is 0 Å². The Bertz CT molecular complexity index is 1090. The second kappa shape index (κ2) is 10.5. The zero-order chi connectivity index (χ0) is 23.2. The van der Waals surface area contributed by atoms with E-state index in [1.807, 2.05) is 67.8 Å². The smallest absolute Gasteiger partial charge is 0.334 e. The first-order valence-electron chi connectivity index (χ1n) is 11.3. The molecule has 1 saturated carbocycles. The molecule has 3 aromatic rings. The summed E-state index contributed by atoms with van der Waals surface area (Å²) in [6, 6.07) is 14.8. The standard InChI is InChI=1S/C25H29N5O2S/c1-17-8-12-19(13-9-17)22-16-33-25(28-22)30(24(32)27-21-14-10-18(2)11-15-21)29-23(31)26-20-6-4-3-5-7-20/h8-16,20H,3-7H2,1-2H3,(H,27,32)(H2,26,29,31). The molecule has 0 unspecified atom stereocenters. The fourth-order valence-corrected chi connectivity index (χ4v) is 4.58. The SMILES string of the molecule is Cc1ccc(NC(=O)N(NC(=O)NC2CCCCC2)c2nc(-c3ccc(C)cc3)cs2)cc1. The lowest BCUT2D eigenvalue weighted by Crippen LogP contribution is -2.54. The molecule has 1 fully saturated rings.